The molecule has 56 valence electrons. The van der Waals surface area contributed by atoms with E-state index in [9.17, 15) is 9.13 Å². The van der Waals surface area contributed by atoms with Gasteiger partial charge in [0.1, 0.15) is 0 Å². The molecule has 1 N–H and O–H groups in total. The maximum Gasteiger partial charge on any atom is 0.750 e. The third kappa shape index (κ3) is 2.34. The summed E-state index contributed by atoms with van der Waals surface area (Å²) in [5.41, 5.74) is 0. The van der Waals surface area contributed by atoms with Crippen molar-refractivity contribution in [3.63, 3.8) is 0 Å². The van der Waals surface area contributed by atoms with Gasteiger partial charge in [0.25, 0.3) is 0 Å². The summed E-state index contributed by atoms with van der Waals surface area (Å²) in [5.74, 6) is 0. The molecule has 1 saturated heterocycles. The largest absolute Gasteiger partial charge is 0.750 e. The summed E-state index contributed by atoms with van der Waals surface area (Å²) in [6, 6.07) is 0. The van der Waals surface area contributed by atoms with E-state index in [0.717, 1.165) is 0 Å². The molecule has 0 amide bonds. The first kappa shape index (κ1) is 8.14. The molecule has 6 nitrogen and oxygen atoms in total. The zero-order valence-corrected chi connectivity index (χ0v) is 6.46. The molecule has 1 rings (SSSR count). The van der Waals surface area contributed by atoms with E-state index in [4.69, 9.17) is 5.11 Å². The maximum absolute atomic E-state index is 10.4. The van der Waals surface area contributed by atoms with Crippen molar-refractivity contribution < 1.29 is 27.6 Å². The van der Waals surface area contributed by atoms with Crippen molar-refractivity contribution in [3.05, 3.63) is 0 Å². The number of rotatable bonds is 0. The molecule has 3 unspecified atom stereocenters. The van der Waals surface area contributed by atoms with Gasteiger partial charge in [0.2, 0.25) is 6.29 Å². The molecule has 3 atom stereocenters. The van der Waals surface area contributed by atoms with Crippen LogP contribution in [0.25, 0.3) is 0 Å². The minimum Gasteiger partial charge on any atom is -0.362 e. The summed E-state index contributed by atoms with van der Waals surface area (Å²) < 4.78 is 33.4. The Balaban J connectivity index is 2.54. The van der Waals surface area contributed by atoms with Crippen molar-refractivity contribution in [1.82, 2.24) is 0 Å². The highest BCUT2D eigenvalue weighted by atomic mass is 31.2. The van der Waals surface area contributed by atoms with Crippen LogP contribution in [-0.2, 0) is 22.5 Å². The molecule has 0 aromatic carbocycles. The summed E-state index contributed by atoms with van der Waals surface area (Å²) in [7, 11) is -4.91. The lowest BCUT2D eigenvalue weighted by molar-refractivity contribution is -0.0386. The van der Waals surface area contributed by atoms with Crippen LogP contribution in [-0.4, -0.2) is 18.0 Å². The van der Waals surface area contributed by atoms with Crippen molar-refractivity contribution >= 4 is 16.5 Å². The lowest BCUT2D eigenvalue weighted by Gasteiger charge is -1.89. The van der Waals surface area contributed by atoms with Crippen LogP contribution < -0.4 is 0 Å². The Labute approximate surface area is 58.0 Å². The molecule has 0 aliphatic carbocycles. The van der Waals surface area contributed by atoms with Crippen molar-refractivity contribution in [3.8, 4) is 0 Å². The van der Waals surface area contributed by atoms with Gasteiger partial charge in [0, 0.05) is 9.13 Å². The first-order valence-corrected chi connectivity index (χ1v) is 4.48. The normalized spacial score (nSPS) is 35.5. The third-order valence-electron chi connectivity index (χ3n) is 0.664. The molecule has 10 heavy (non-hydrogen) atoms. The fraction of sp³-hybridized carbons (Fsp3) is 1.00. The zero-order valence-electron chi connectivity index (χ0n) is 4.67. The zero-order chi connectivity index (χ0) is 7.56. The van der Waals surface area contributed by atoms with Crippen LogP contribution in [0, 0.1) is 0 Å². The van der Waals surface area contributed by atoms with Crippen LogP contribution in [0.3, 0.4) is 0 Å². The predicted molar refractivity (Wildman–Crippen MR) is 29.3 cm³/mol. The van der Waals surface area contributed by atoms with Gasteiger partial charge in [-0.1, -0.05) is 4.52 Å². The number of aliphatic hydroxyl groups excluding tert-OH is 1. The van der Waals surface area contributed by atoms with E-state index in [1.165, 1.54) is 0 Å². The highest BCUT2D eigenvalue weighted by molar-refractivity contribution is 7.47. The molecule has 1 aliphatic heterocycles. The highest BCUT2D eigenvalue weighted by Crippen LogP contribution is 2.43. The first-order chi connectivity index (χ1) is 4.68. The van der Waals surface area contributed by atoms with E-state index in [2.05, 4.69) is 13.4 Å². The molecule has 0 aromatic rings. The second kappa shape index (κ2) is 3.44. The number of hydrogen-bond acceptors (Lipinski definition) is 6. The quantitative estimate of drug-likeness (QED) is 0.560. The molecule has 1 aliphatic rings. The summed E-state index contributed by atoms with van der Waals surface area (Å²) >= 11 is 0. The molecule has 0 bridgehead atoms. The molecule has 0 radical (unpaired) electrons. The minimum atomic E-state index is -2.51. The van der Waals surface area contributed by atoms with Crippen molar-refractivity contribution in [1.29, 1.82) is 0 Å². The fourth-order valence-corrected chi connectivity index (χ4v) is 1.64. The Morgan fingerprint density at radius 1 is 1.40 bits per heavy atom. The molecule has 0 aromatic heterocycles. The molecule has 1 fully saturated rings. The Bertz CT molecular complexity index is 167. The SMILES string of the molecule is O=[P+]1OCC(O)O[P+](=O)O1. The standard InChI is InChI=1S/C2H4O6P2/c3-2-1-6-9(4)8-10(5)7-2/h2-3H,1H2/q+2. The van der Waals surface area contributed by atoms with Crippen molar-refractivity contribution in [2.75, 3.05) is 6.61 Å². The summed E-state index contributed by atoms with van der Waals surface area (Å²) in [5, 5.41) is 8.64. The molecule has 1 heterocycles. The van der Waals surface area contributed by atoms with Gasteiger partial charge in [-0.25, -0.2) is 0 Å². The van der Waals surface area contributed by atoms with Gasteiger partial charge in [0.05, 0.1) is 0 Å². The van der Waals surface area contributed by atoms with Gasteiger partial charge in [-0.05, 0) is 0 Å². The summed E-state index contributed by atoms with van der Waals surface area (Å²) in [6.07, 6.45) is -1.33. The smallest absolute Gasteiger partial charge is 0.362 e. The van der Waals surface area contributed by atoms with E-state index < -0.39 is 22.8 Å². The van der Waals surface area contributed by atoms with Gasteiger partial charge in [-0.2, -0.15) is 0 Å². The lowest BCUT2D eigenvalue weighted by atomic mass is 10.7. The predicted octanol–water partition coefficient (Wildman–Crippen LogP) is 0.683. The van der Waals surface area contributed by atoms with E-state index in [0.29, 0.717) is 0 Å². The Morgan fingerprint density at radius 2 is 2.10 bits per heavy atom. The minimum absolute atomic E-state index is 0.295. The average Bonchev–Trinajstić information content (AvgIpc) is 1.93. The Kier molecular flexibility index (Phi) is 2.80. The topological polar surface area (TPSA) is 82.1 Å². The molecule has 0 spiro atoms. The van der Waals surface area contributed by atoms with E-state index in [1.807, 2.05) is 0 Å². The van der Waals surface area contributed by atoms with E-state index in [-0.39, 0.29) is 6.61 Å². The first-order valence-electron chi connectivity index (χ1n) is 2.29. The van der Waals surface area contributed by atoms with E-state index in [1.54, 1.807) is 0 Å². The van der Waals surface area contributed by atoms with Crippen LogP contribution in [0.2, 0.25) is 0 Å². The van der Waals surface area contributed by atoms with Crippen LogP contribution >= 0.6 is 16.5 Å². The molecular formula is C2H4O6P2+2. The Morgan fingerprint density at radius 3 is 2.80 bits per heavy atom. The van der Waals surface area contributed by atoms with E-state index >= 15 is 0 Å². The Hall–Kier alpha value is 0.0400. The molecule has 0 saturated carbocycles. The van der Waals surface area contributed by atoms with Crippen LogP contribution in [0.5, 0.6) is 0 Å². The number of hydrogen-bond donors (Lipinski definition) is 1. The average molecular weight is 186 g/mol. The monoisotopic (exact) mass is 186 g/mol. The van der Waals surface area contributed by atoms with Crippen molar-refractivity contribution in [2.24, 2.45) is 0 Å². The second-order valence-corrected chi connectivity index (χ2v) is 3.40. The van der Waals surface area contributed by atoms with Gasteiger partial charge in [0.15, 0.2) is 10.9 Å². The lowest BCUT2D eigenvalue weighted by Crippen LogP contribution is -2.11. The molecule has 8 heteroatoms. The summed E-state index contributed by atoms with van der Waals surface area (Å²) in [6.45, 7) is -0.295. The van der Waals surface area contributed by atoms with Gasteiger partial charge in [-0.15, -0.1) is 4.52 Å². The number of aliphatic hydroxyl groups is 1. The maximum atomic E-state index is 10.4. The summed E-state index contributed by atoms with van der Waals surface area (Å²) in [4.78, 5) is 0. The van der Waals surface area contributed by atoms with Gasteiger partial charge in [-0.3, -0.25) is 0 Å². The van der Waals surface area contributed by atoms with Gasteiger partial charge >= 0.3 is 16.5 Å². The van der Waals surface area contributed by atoms with Crippen LogP contribution in [0.15, 0.2) is 0 Å². The van der Waals surface area contributed by atoms with Crippen LogP contribution in [0.4, 0.5) is 0 Å². The van der Waals surface area contributed by atoms with Crippen molar-refractivity contribution in [2.45, 2.75) is 6.29 Å². The second-order valence-electron chi connectivity index (χ2n) is 1.38. The van der Waals surface area contributed by atoms with Crippen LogP contribution in [0.1, 0.15) is 0 Å². The molecular weight excluding hydrogens is 182 g/mol. The third-order valence-corrected chi connectivity index (χ3v) is 2.51. The highest BCUT2D eigenvalue weighted by Gasteiger charge is 2.46. The fourth-order valence-electron chi connectivity index (χ4n) is 0.352. The van der Waals surface area contributed by atoms with Gasteiger partial charge < -0.3 is 5.11 Å².